The molecule has 0 fully saturated rings. The van der Waals surface area contributed by atoms with Crippen LogP contribution in [0.5, 0.6) is 0 Å². The van der Waals surface area contributed by atoms with Gasteiger partial charge in [0.25, 0.3) is 0 Å². The fraction of sp³-hybridized carbons (Fsp3) is 0.333. The van der Waals surface area contributed by atoms with Gasteiger partial charge in [0.05, 0.1) is 18.6 Å². The molecule has 1 aliphatic carbocycles. The van der Waals surface area contributed by atoms with Gasteiger partial charge in [0.1, 0.15) is 0 Å². The van der Waals surface area contributed by atoms with Crippen molar-refractivity contribution in [2.24, 2.45) is 11.1 Å². The molecule has 1 atom stereocenters. The summed E-state index contributed by atoms with van der Waals surface area (Å²) in [4.78, 5) is 10.2. The molecular weight excluding hydrogens is 154 g/mol. The summed E-state index contributed by atoms with van der Waals surface area (Å²) >= 11 is 0. The number of nitrogens with zero attached hydrogens (tertiary/aromatic N) is 1. The second-order valence-corrected chi connectivity index (χ2v) is 2.62. The van der Waals surface area contributed by atoms with E-state index in [1.54, 1.807) is 7.11 Å². The third kappa shape index (κ3) is 1.81. The van der Waals surface area contributed by atoms with Crippen molar-refractivity contribution in [3.05, 3.63) is 41.2 Å². The molecule has 1 rings (SSSR count). The van der Waals surface area contributed by atoms with Crippen molar-refractivity contribution >= 4 is 0 Å². The maximum absolute atomic E-state index is 10.2. The summed E-state index contributed by atoms with van der Waals surface area (Å²) < 4.78 is 5.04. The summed E-state index contributed by atoms with van der Waals surface area (Å²) in [6.07, 6.45) is 6.29. The molecule has 0 radical (unpaired) electrons. The first kappa shape index (κ1) is 8.71. The van der Waals surface area contributed by atoms with Gasteiger partial charge >= 0.3 is 0 Å². The highest BCUT2D eigenvalue weighted by Gasteiger charge is 2.15. The smallest absolute Gasteiger partial charge is 0.0965 e. The van der Waals surface area contributed by atoms with Gasteiger partial charge < -0.3 is 4.74 Å². The maximum Gasteiger partial charge on any atom is 0.0965 e. The number of hydrogen-bond acceptors (Lipinski definition) is 3. The lowest BCUT2D eigenvalue weighted by Crippen LogP contribution is -2.04. The minimum atomic E-state index is 0.00227. The van der Waals surface area contributed by atoms with E-state index >= 15 is 0 Å². The molecule has 0 saturated carbocycles. The molecule has 0 amide bonds. The zero-order valence-electron chi connectivity index (χ0n) is 6.99. The second kappa shape index (κ2) is 3.85. The zero-order chi connectivity index (χ0) is 8.97. The van der Waals surface area contributed by atoms with E-state index in [9.17, 15) is 4.91 Å². The van der Waals surface area contributed by atoms with Gasteiger partial charge in [0.2, 0.25) is 0 Å². The van der Waals surface area contributed by atoms with Crippen LogP contribution in [0.15, 0.2) is 41.4 Å². The molecule has 3 nitrogen and oxygen atoms in total. The second-order valence-electron chi connectivity index (χ2n) is 2.62. The third-order valence-electron chi connectivity index (χ3n) is 1.85. The van der Waals surface area contributed by atoms with Crippen molar-refractivity contribution in [1.29, 1.82) is 0 Å². The standard InChI is InChI=1S/C9H11NO2/c1-7(10-11)8-4-3-5-9(6-8)12-2/h3-5,8H,1,6H2,2H3/t8-/m1/s1. The molecule has 0 heterocycles. The van der Waals surface area contributed by atoms with Crippen molar-refractivity contribution in [3.8, 4) is 0 Å². The summed E-state index contributed by atoms with van der Waals surface area (Å²) in [5, 5.41) is 2.80. The first-order valence-corrected chi connectivity index (χ1v) is 3.71. The van der Waals surface area contributed by atoms with Crippen LogP contribution in [0.1, 0.15) is 6.42 Å². The van der Waals surface area contributed by atoms with Crippen LogP contribution < -0.4 is 0 Å². The van der Waals surface area contributed by atoms with Crippen molar-refractivity contribution in [2.75, 3.05) is 7.11 Å². The Morgan fingerprint density at radius 2 is 2.58 bits per heavy atom. The molecule has 1 aliphatic rings. The number of allylic oxidation sites excluding steroid dienone is 4. The van der Waals surface area contributed by atoms with Crippen LogP contribution in [0.4, 0.5) is 0 Å². The molecule has 0 spiro atoms. The van der Waals surface area contributed by atoms with Gasteiger partial charge in [-0.2, -0.15) is 0 Å². The molecule has 0 saturated heterocycles. The molecule has 0 aromatic rings. The predicted molar refractivity (Wildman–Crippen MR) is 47.3 cm³/mol. The number of ether oxygens (including phenoxy) is 1. The average molecular weight is 165 g/mol. The van der Waals surface area contributed by atoms with Crippen molar-refractivity contribution < 1.29 is 4.74 Å². The van der Waals surface area contributed by atoms with E-state index in [4.69, 9.17) is 4.74 Å². The molecule has 0 bridgehead atoms. The molecule has 0 aromatic carbocycles. The highest BCUT2D eigenvalue weighted by Crippen LogP contribution is 2.24. The summed E-state index contributed by atoms with van der Waals surface area (Å²) in [6.45, 7) is 3.55. The van der Waals surface area contributed by atoms with Crippen LogP contribution >= 0.6 is 0 Å². The molecule has 12 heavy (non-hydrogen) atoms. The van der Waals surface area contributed by atoms with Crippen molar-refractivity contribution in [1.82, 2.24) is 0 Å². The number of nitroso groups, excluding NO2 is 1. The fourth-order valence-corrected chi connectivity index (χ4v) is 1.10. The normalized spacial score (nSPS) is 21.4. The van der Waals surface area contributed by atoms with Crippen LogP contribution in [0, 0.1) is 10.8 Å². The Hall–Kier alpha value is -1.38. The van der Waals surface area contributed by atoms with E-state index in [0.29, 0.717) is 12.1 Å². The van der Waals surface area contributed by atoms with E-state index in [1.807, 2.05) is 18.2 Å². The zero-order valence-corrected chi connectivity index (χ0v) is 6.99. The SMILES string of the molecule is C=C(N=O)[C@@H]1C=CC=C(OC)C1. The first-order valence-electron chi connectivity index (χ1n) is 3.71. The largest absolute Gasteiger partial charge is 0.501 e. The van der Waals surface area contributed by atoms with Gasteiger partial charge in [0, 0.05) is 12.3 Å². The van der Waals surface area contributed by atoms with Crippen LogP contribution in [0.3, 0.4) is 0 Å². The van der Waals surface area contributed by atoms with Gasteiger partial charge in [-0.05, 0) is 11.3 Å². The monoisotopic (exact) mass is 165 g/mol. The lowest BCUT2D eigenvalue weighted by Gasteiger charge is -2.15. The van der Waals surface area contributed by atoms with E-state index in [2.05, 4.69) is 11.8 Å². The molecule has 0 unspecified atom stereocenters. The quantitative estimate of drug-likeness (QED) is 0.602. The Morgan fingerprint density at radius 3 is 3.17 bits per heavy atom. The predicted octanol–water partition coefficient (Wildman–Crippen LogP) is 2.37. The van der Waals surface area contributed by atoms with E-state index < -0.39 is 0 Å². The molecular formula is C9H11NO2. The first-order chi connectivity index (χ1) is 5.77. The van der Waals surface area contributed by atoms with Crippen LogP contribution in [0.2, 0.25) is 0 Å². The van der Waals surface area contributed by atoms with Crippen LogP contribution in [0.25, 0.3) is 0 Å². The third-order valence-corrected chi connectivity index (χ3v) is 1.85. The fourth-order valence-electron chi connectivity index (χ4n) is 1.10. The highest BCUT2D eigenvalue weighted by atomic mass is 16.5. The van der Waals surface area contributed by atoms with Gasteiger partial charge in [-0.3, -0.25) is 0 Å². The Kier molecular flexibility index (Phi) is 2.80. The molecule has 0 N–H and O–H groups in total. The minimum Gasteiger partial charge on any atom is -0.501 e. The number of hydrogen-bond donors (Lipinski definition) is 0. The lowest BCUT2D eigenvalue weighted by atomic mass is 9.97. The summed E-state index contributed by atoms with van der Waals surface area (Å²) in [5.41, 5.74) is 0.355. The van der Waals surface area contributed by atoms with Crippen molar-refractivity contribution in [2.45, 2.75) is 6.42 Å². The number of rotatable bonds is 3. The Labute approximate surface area is 71.4 Å². The number of methoxy groups -OCH3 is 1. The van der Waals surface area contributed by atoms with Crippen molar-refractivity contribution in [3.63, 3.8) is 0 Å². The van der Waals surface area contributed by atoms with Crippen LogP contribution in [-0.2, 0) is 4.74 Å². The molecule has 0 aliphatic heterocycles. The van der Waals surface area contributed by atoms with E-state index in [0.717, 1.165) is 5.76 Å². The van der Waals surface area contributed by atoms with E-state index in [-0.39, 0.29) is 5.92 Å². The lowest BCUT2D eigenvalue weighted by molar-refractivity contribution is 0.269. The molecule has 64 valence electrons. The van der Waals surface area contributed by atoms with E-state index in [1.165, 1.54) is 0 Å². The summed E-state index contributed by atoms with van der Waals surface area (Å²) in [5.74, 6) is 0.856. The molecule has 0 aromatic heterocycles. The highest BCUT2D eigenvalue weighted by molar-refractivity contribution is 5.22. The summed E-state index contributed by atoms with van der Waals surface area (Å²) in [7, 11) is 1.61. The average Bonchev–Trinajstić information content (AvgIpc) is 2.17. The van der Waals surface area contributed by atoms with Gasteiger partial charge in [-0.25, -0.2) is 0 Å². The van der Waals surface area contributed by atoms with Gasteiger partial charge in [0.15, 0.2) is 0 Å². The Balaban J connectivity index is 2.64. The summed E-state index contributed by atoms with van der Waals surface area (Å²) in [6, 6.07) is 0. The van der Waals surface area contributed by atoms with Gasteiger partial charge in [-0.1, -0.05) is 18.7 Å². The Morgan fingerprint density at radius 1 is 1.83 bits per heavy atom. The van der Waals surface area contributed by atoms with Crippen LogP contribution in [-0.4, -0.2) is 7.11 Å². The maximum atomic E-state index is 10.2. The molecule has 3 heteroatoms. The van der Waals surface area contributed by atoms with Gasteiger partial charge in [-0.15, -0.1) is 4.91 Å². The topological polar surface area (TPSA) is 38.7 Å². The Bertz CT molecular complexity index is 253. The minimum absolute atomic E-state index is 0.00227.